The molecule has 0 bridgehead atoms. The molecule has 0 saturated heterocycles. The van der Waals surface area contributed by atoms with E-state index in [1.165, 1.54) is 16.0 Å². The number of benzene rings is 1. The van der Waals surface area contributed by atoms with Crippen LogP contribution in [-0.4, -0.2) is 17.7 Å². The van der Waals surface area contributed by atoms with Crippen LogP contribution in [-0.2, 0) is 4.79 Å². The van der Waals surface area contributed by atoms with Crippen LogP contribution < -0.4 is 11.1 Å². The van der Waals surface area contributed by atoms with Crippen LogP contribution in [0.2, 0.25) is 0 Å². The van der Waals surface area contributed by atoms with Crippen LogP contribution in [0.15, 0.2) is 17.0 Å². The SMILES string of the molecule is Cc1cc(C)c2c(c1)NC(=O)C(CCN)S2. The van der Waals surface area contributed by atoms with Crippen LogP contribution in [0.5, 0.6) is 0 Å². The lowest BCUT2D eigenvalue weighted by Crippen LogP contribution is -2.31. The molecule has 1 unspecified atom stereocenters. The van der Waals surface area contributed by atoms with Gasteiger partial charge in [0.25, 0.3) is 0 Å². The van der Waals surface area contributed by atoms with E-state index in [1.807, 2.05) is 13.0 Å². The third kappa shape index (κ3) is 2.08. The van der Waals surface area contributed by atoms with Crippen LogP contribution in [0.1, 0.15) is 17.5 Å². The highest BCUT2D eigenvalue weighted by Gasteiger charge is 2.27. The molecule has 0 aliphatic carbocycles. The maximum absolute atomic E-state index is 11.8. The van der Waals surface area contributed by atoms with E-state index >= 15 is 0 Å². The van der Waals surface area contributed by atoms with Crippen molar-refractivity contribution in [2.45, 2.75) is 30.4 Å². The monoisotopic (exact) mass is 236 g/mol. The third-order valence-corrected chi connectivity index (χ3v) is 4.17. The zero-order valence-corrected chi connectivity index (χ0v) is 10.4. The number of thioether (sulfide) groups is 1. The molecule has 3 nitrogen and oxygen atoms in total. The smallest absolute Gasteiger partial charge is 0.237 e. The summed E-state index contributed by atoms with van der Waals surface area (Å²) in [5, 5.41) is 2.92. The highest BCUT2D eigenvalue weighted by atomic mass is 32.2. The first-order valence-corrected chi connectivity index (χ1v) is 6.28. The first kappa shape index (κ1) is 11.5. The average Bonchev–Trinajstić information content (AvgIpc) is 2.20. The number of anilines is 1. The van der Waals surface area contributed by atoms with Crippen LogP contribution in [0.3, 0.4) is 0 Å². The zero-order valence-electron chi connectivity index (χ0n) is 9.54. The predicted octanol–water partition coefficient (Wildman–Crippen LogP) is 2.07. The van der Waals surface area contributed by atoms with Gasteiger partial charge in [0.1, 0.15) is 0 Å². The summed E-state index contributed by atoms with van der Waals surface area (Å²) in [4.78, 5) is 13.0. The zero-order chi connectivity index (χ0) is 11.7. The second kappa shape index (κ2) is 4.47. The van der Waals surface area contributed by atoms with Crippen LogP contribution in [0, 0.1) is 13.8 Å². The largest absolute Gasteiger partial charge is 0.330 e. The van der Waals surface area contributed by atoms with Crippen molar-refractivity contribution in [2.24, 2.45) is 5.73 Å². The maximum Gasteiger partial charge on any atom is 0.237 e. The van der Waals surface area contributed by atoms with Gasteiger partial charge in [-0.2, -0.15) is 0 Å². The summed E-state index contributed by atoms with van der Waals surface area (Å²) in [7, 11) is 0. The maximum atomic E-state index is 11.8. The molecule has 1 heterocycles. The Labute approximate surface area is 99.8 Å². The number of rotatable bonds is 2. The van der Waals surface area contributed by atoms with Gasteiger partial charge in [0.15, 0.2) is 0 Å². The van der Waals surface area contributed by atoms with E-state index in [4.69, 9.17) is 5.73 Å². The van der Waals surface area contributed by atoms with Gasteiger partial charge in [-0.1, -0.05) is 6.07 Å². The number of hydrogen-bond donors (Lipinski definition) is 2. The second-order valence-electron chi connectivity index (χ2n) is 4.13. The third-order valence-electron chi connectivity index (χ3n) is 2.66. The molecule has 3 N–H and O–H groups in total. The van der Waals surface area contributed by atoms with Crippen molar-refractivity contribution in [1.29, 1.82) is 0 Å². The molecule has 0 fully saturated rings. The first-order valence-electron chi connectivity index (χ1n) is 5.40. The van der Waals surface area contributed by atoms with Crippen molar-refractivity contribution in [3.05, 3.63) is 23.3 Å². The number of amides is 1. The van der Waals surface area contributed by atoms with Crippen molar-refractivity contribution >= 4 is 23.4 Å². The highest BCUT2D eigenvalue weighted by Crippen LogP contribution is 2.39. The van der Waals surface area contributed by atoms with E-state index < -0.39 is 0 Å². The molecule has 2 rings (SSSR count). The van der Waals surface area contributed by atoms with E-state index in [-0.39, 0.29) is 11.2 Å². The van der Waals surface area contributed by atoms with Gasteiger partial charge in [-0.3, -0.25) is 4.79 Å². The van der Waals surface area contributed by atoms with Gasteiger partial charge in [-0.15, -0.1) is 11.8 Å². The molecule has 1 aromatic carbocycles. The Kier molecular flexibility index (Phi) is 3.21. The molecule has 4 heteroatoms. The van der Waals surface area contributed by atoms with Gasteiger partial charge in [0.2, 0.25) is 5.91 Å². The molecule has 1 aromatic rings. The normalized spacial score (nSPS) is 19.2. The molecule has 1 aliphatic heterocycles. The fourth-order valence-electron chi connectivity index (χ4n) is 1.95. The quantitative estimate of drug-likeness (QED) is 0.826. The molecule has 1 atom stereocenters. The Morgan fingerprint density at radius 2 is 2.19 bits per heavy atom. The van der Waals surface area contributed by atoms with Gasteiger partial charge in [-0.25, -0.2) is 0 Å². The average molecular weight is 236 g/mol. The Bertz CT molecular complexity index is 431. The first-order chi connectivity index (χ1) is 7.61. The fourth-order valence-corrected chi connectivity index (χ4v) is 3.14. The lowest BCUT2D eigenvalue weighted by Gasteiger charge is -2.25. The predicted molar refractivity (Wildman–Crippen MR) is 67.9 cm³/mol. The minimum Gasteiger partial charge on any atom is -0.330 e. The Balaban J connectivity index is 2.35. The molecular formula is C12H16N2OS. The Morgan fingerprint density at radius 3 is 2.88 bits per heavy atom. The summed E-state index contributed by atoms with van der Waals surface area (Å²) in [6.45, 7) is 4.66. The fraction of sp³-hybridized carbons (Fsp3) is 0.417. The summed E-state index contributed by atoms with van der Waals surface area (Å²) < 4.78 is 0. The van der Waals surface area contributed by atoms with Crippen molar-refractivity contribution in [3.63, 3.8) is 0 Å². The number of hydrogen-bond acceptors (Lipinski definition) is 3. The molecular weight excluding hydrogens is 220 g/mol. The van der Waals surface area contributed by atoms with Gasteiger partial charge in [0, 0.05) is 4.90 Å². The van der Waals surface area contributed by atoms with Crippen LogP contribution in [0.4, 0.5) is 5.69 Å². The summed E-state index contributed by atoms with van der Waals surface area (Å²) in [5.74, 6) is 0.0768. The van der Waals surface area contributed by atoms with Gasteiger partial charge < -0.3 is 11.1 Å². The molecule has 1 amide bonds. The van der Waals surface area contributed by atoms with Crippen molar-refractivity contribution in [3.8, 4) is 0 Å². The van der Waals surface area contributed by atoms with E-state index in [2.05, 4.69) is 18.3 Å². The summed E-state index contributed by atoms with van der Waals surface area (Å²) >= 11 is 1.63. The molecule has 16 heavy (non-hydrogen) atoms. The molecule has 86 valence electrons. The number of fused-ring (bicyclic) bond motifs is 1. The lowest BCUT2D eigenvalue weighted by molar-refractivity contribution is -0.115. The minimum atomic E-state index is -0.0427. The molecule has 0 spiro atoms. The molecule has 0 saturated carbocycles. The summed E-state index contributed by atoms with van der Waals surface area (Å²) in [5.41, 5.74) is 8.86. The number of aryl methyl sites for hydroxylation is 2. The van der Waals surface area contributed by atoms with Crippen LogP contribution >= 0.6 is 11.8 Å². The van der Waals surface area contributed by atoms with Crippen molar-refractivity contribution < 1.29 is 4.79 Å². The van der Waals surface area contributed by atoms with E-state index in [0.717, 1.165) is 12.1 Å². The standard InChI is InChI=1S/C12H16N2OS/c1-7-5-8(2)11-9(6-7)14-12(15)10(16-11)3-4-13/h5-6,10H,3-4,13H2,1-2H3,(H,14,15). The number of carbonyl (C=O) groups excluding carboxylic acids is 1. The number of nitrogens with two attached hydrogens (primary N) is 1. The van der Waals surface area contributed by atoms with Crippen molar-refractivity contribution in [1.82, 2.24) is 0 Å². The summed E-state index contributed by atoms with van der Waals surface area (Å²) in [6.07, 6.45) is 0.725. The van der Waals surface area contributed by atoms with Gasteiger partial charge in [0.05, 0.1) is 10.9 Å². The minimum absolute atomic E-state index is 0.0427. The van der Waals surface area contributed by atoms with E-state index in [9.17, 15) is 4.79 Å². The number of nitrogens with one attached hydrogen (secondary N) is 1. The summed E-state index contributed by atoms with van der Waals surface area (Å²) in [6, 6.07) is 4.16. The van der Waals surface area contributed by atoms with Crippen LogP contribution in [0.25, 0.3) is 0 Å². The molecule has 1 aliphatic rings. The lowest BCUT2D eigenvalue weighted by atomic mass is 10.1. The molecule has 0 radical (unpaired) electrons. The van der Waals surface area contributed by atoms with E-state index in [0.29, 0.717) is 6.54 Å². The number of carbonyl (C=O) groups is 1. The highest BCUT2D eigenvalue weighted by molar-refractivity contribution is 8.01. The van der Waals surface area contributed by atoms with Gasteiger partial charge >= 0.3 is 0 Å². The second-order valence-corrected chi connectivity index (χ2v) is 5.34. The Hall–Kier alpha value is -1.000. The molecule has 0 aromatic heterocycles. The topological polar surface area (TPSA) is 55.1 Å². The Morgan fingerprint density at radius 1 is 1.44 bits per heavy atom. The van der Waals surface area contributed by atoms with Gasteiger partial charge in [-0.05, 0) is 44.0 Å². The van der Waals surface area contributed by atoms with E-state index in [1.54, 1.807) is 11.8 Å². The van der Waals surface area contributed by atoms with Crippen molar-refractivity contribution in [2.75, 3.05) is 11.9 Å².